The van der Waals surface area contributed by atoms with Gasteiger partial charge in [-0.2, -0.15) is 0 Å². The predicted octanol–water partition coefficient (Wildman–Crippen LogP) is 1.69. The number of carboxylic acids is 1. The Labute approximate surface area is 78.9 Å². The van der Waals surface area contributed by atoms with E-state index in [2.05, 4.69) is 4.74 Å². The lowest BCUT2D eigenvalue weighted by molar-refractivity contribution is -0.151. The van der Waals surface area contributed by atoms with Crippen LogP contribution >= 0.6 is 0 Å². The Hall–Kier alpha value is -1.06. The van der Waals surface area contributed by atoms with Gasteiger partial charge in [0, 0.05) is 0 Å². The third kappa shape index (κ3) is 8.85. The van der Waals surface area contributed by atoms with Crippen molar-refractivity contribution in [2.24, 2.45) is 5.92 Å². The maximum absolute atomic E-state index is 10.8. The van der Waals surface area contributed by atoms with Crippen molar-refractivity contribution in [1.29, 1.82) is 0 Å². The van der Waals surface area contributed by atoms with Gasteiger partial charge in [0.25, 0.3) is 0 Å². The van der Waals surface area contributed by atoms with Crippen molar-refractivity contribution in [3.63, 3.8) is 0 Å². The number of carbonyl (C=O) groups excluding carboxylic acids is 1. The standard InChI is InChI=1S/C7H12O4.C2H6/c1-3-11-7(10)5(2)4-6(8)9;1-2/h5H,3-4H2,1-2H3,(H,8,9);1-2H3. The highest BCUT2D eigenvalue weighted by molar-refractivity contribution is 5.78. The van der Waals surface area contributed by atoms with E-state index in [-0.39, 0.29) is 6.42 Å². The lowest BCUT2D eigenvalue weighted by Crippen LogP contribution is -2.17. The van der Waals surface area contributed by atoms with Crippen molar-refractivity contribution in [2.75, 3.05) is 6.61 Å². The van der Waals surface area contributed by atoms with Gasteiger partial charge in [0.05, 0.1) is 18.9 Å². The predicted molar refractivity (Wildman–Crippen MR) is 49.4 cm³/mol. The van der Waals surface area contributed by atoms with E-state index < -0.39 is 17.9 Å². The van der Waals surface area contributed by atoms with Crippen molar-refractivity contribution >= 4 is 11.9 Å². The molecule has 1 unspecified atom stereocenters. The van der Waals surface area contributed by atoms with E-state index in [0.717, 1.165) is 0 Å². The zero-order chi connectivity index (χ0) is 10.9. The molecule has 4 heteroatoms. The van der Waals surface area contributed by atoms with Gasteiger partial charge in [0.1, 0.15) is 0 Å². The van der Waals surface area contributed by atoms with Crippen LogP contribution in [0.2, 0.25) is 0 Å². The first kappa shape index (κ1) is 14.5. The summed E-state index contributed by atoms with van der Waals surface area (Å²) in [6, 6.07) is 0. The monoisotopic (exact) mass is 190 g/mol. The molecule has 0 saturated carbocycles. The molecule has 0 radical (unpaired) electrons. The molecule has 0 amide bonds. The van der Waals surface area contributed by atoms with Crippen molar-refractivity contribution < 1.29 is 19.4 Å². The van der Waals surface area contributed by atoms with E-state index in [0.29, 0.717) is 6.61 Å². The second-order valence-electron chi connectivity index (χ2n) is 2.25. The summed E-state index contributed by atoms with van der Waals surface area (Å²) in [4.78, 5) is 20.9. The highest BCUT2D eigenvalue weighted by Crippen LogP contribution is 2.03. The fraction of sp³-hybridized carbons (Fsp3) is 0.778. The summed E-state index contributed by atoms with van der Waals surface area (Å²) in [5.74, 6) is -1.98. The molecule has 0 saturated heterocycles. The fourth-order valence-electron chi connectivity index (χ4n) is 0.630. The van der Waals surface area contributed by atoms with Gasteiger partial charge >= 0.3 is 11.9 Å². The van der Waals surface area contributed by atoms with Gasteiger partial charge in [-0.15, -0.1) is 0 Å². The van der Waals surface area contributed by atoms with Crippen molar-refractivity contribution in [1.82, 2.24) is 0 Å². The third-order valence-electron chi connectivity index (χ3n) is 1.17. The topological polar surface area (TPSA) is 63.6 Å². The molecule has 0 aromatic carbocycles. The molecule has 0 aliphatic heterocycles. The second-order valence-corrected chi connectivity index (χ2v) is 2.25. The average molecular weight is 190 g/mol. The van der Waals surface area contributed by atoms with Crippen LogP contribution in [0.3, 0.4) is 0 Å². The van der Waals surface area contributed by atoms with Crippen LogP contribution in [0.5, 0.6) is 0 Å². The van der Waals surface area contributed by atoms with Gasteiger partial charge < -0.3 is 9.84 Å². The quantitative estimate of drug-likeness (QED) is 0.685. The van der Waals surface area contributed by atoms with Gasteiger partial charge in [-0.05, 0) is 6.92 Å². The lowest BCUT2D eigenvalue weighted by Gasteiger charge is -2.06. The smallest absolute Gasteiger partial charge is 0.309 e. The van der Waals surface area contributed by atoms with E-state index in [1.807, 2.05) is 13.8 Å². The number of hydrogen-bond acceptors (Lipinski definition) is 3. The van der Waals surface area contributed by atoms with Crippen molar-refractivity contribution in [3.05, 3.63) is 0 Å². The zero-order valence-electron chi connectivity index (χ0n) is 8.66. The fourth-order valence-corrected chi connectivity index (χ4v) is 0.630. The van der Waals surface area contributed by atoms with E-state index in [1.165, 1.54) is 6.92 Å². The number of ether oxygens (including phenoxy) is 1. The maximum atomic E-state index is 10.8. The molecule has 0 aromatic rings. The van der Waals surface area contributed by atoms with Gasteiger partial charge in [-0.25, -0.2) is 0 Å². The van der Waals surface area contributed by atoms with Crippen molar-refractivity contribution in [2.45, 2.75) is 34.1 Å². The van der Waals surface area contributed by atoms with Crippen LogP contribution in [-0.4, -0.2) is 23.7 Å². The molecule has 0 spiro atoms. The van der Waals surface area contributed by atoms with Gasteiger partial charge in [0.2, 0.25) is 0 Å². The summed E-state index contributed by atoms with van der Waals surface area (Å²) >= 11 is 0. The largest absolute Gasteiger partial charge is 0.481 e. The van der Waals surface area contributed by atoms with E-state index in [9.17, 15) is 9.59 Å². The van der Waals surface area contributed by atoms with Crippen LogP contribution in [0.15, 0.2) is 0 Å². The van der Waals surface area contributed by atoms with Gasteiger partial charge in [0.15, 0.2) is 0 Å². The van der Waals surface area contributed by atoms with Crippen LogP contribution in [0.25, 0.3) is 0 Å². The van der Waals surface area contributed by atoms with Crippen LogP contribution in [0, 0.1) is 5.92 Å². The zero-order valence-corrected chi connectivity index (χ0v) is 8.66. The Balaban J connectivity index is 0. The van der Waals surface area contributed by atoms with Crippen LogP contribution in [0.1, 0.15) is 34.1 Å². The Morgan fingerprint density at radius 2 is 1.85 bits per heavy atom. The van der Waals surface area contributed by atoms with Crippen LogP contribution < -0.4 is 0 Å². The highest BCUT2D eigenvalue weighted by atomic mass is 16.5. The molecule has 1 atom stereocenters. The van der Waals surface area contributed by atoms with Crippen LogP contribution in [0.4, 0.5) is 0 Å². The minimum Gasteiger partial charge on any atom is -0.481 e. The van der Waals surface area contributed by atoms with E-state index >= 15 is 0 Å². The van der Waals surface area contributed by atoms with Gasteiger partial charge in [-0.1, -0.05) is 20.8 Å². The summed E-state index contributed by atoms with van der Waals surface area (Å²) < 4.78 is 4.60. The Morgan fingerprint density at radius 3 is 2.15 bits per heavy atom. The normalized spacial score (nSPS) is 10.8. The SMILES string of the molecule is CC.CCOC(=O)C(C)CC(=O)O. The molecule has 4 nitrogen and oxygen atoms in total. The van der Waals surface area contributed by atoms with Gasteiger partial charge in [-0.3, -0.25) is 9.59 Å². The Morgan fingerprint density at radius 1 is 1.38 bits per heavy atom. The Bertz CT molecular complexity index is 154. The number of aliphatic carboxylic acids is 1. The first-order valence-corrected chi connectivity index (χ1v) is 4.46. The summed E-state index contributed by atoms with van der Waals surface area (Å²) in [6.45, 7) is 7.51. The summed E-state index contributed by atoms with van der Waals surface area (Å²) in [5.41, 5.74) is 0. The minimum absolute atomic E-state index is 0.168. The molecule has 0 bridgehead atoms. The molecule has 78 valence electrons. The molecule has 13 heavy (non-hydrogen) atoms. The number of esters is 1. The van der Waals surface area contributed by atoms with Crippen molar-refractivity contribution in [3.8, 4) is 0 Å². The molecule has 0 aliphatic rings. The summed E-state index contributed by atoms with van der Waals surface area (Å²) in [5, 5.41) is 8.29. The summed E-state index contributed by atoms with van der Waals surface area (Å²) in [6.07, 6.45) is -0.168. The first-order valence-electron chi connectivity index (χ1n) is 4.46. The van der Waals surface area contributed by atoms with E-state index in [1.54, 1.807) is 6.92 Å². The average Bonchev–Trinajstić information content (AvgIpc) is 2.07. The molecule has 0 fully saturated rings. The van der Waals surface area contributed by atoms with E-state index in [4.69, 9.17) is 5.11 Å². The summed E-state index contributed by atoms with van der Waals surface area (Å²) in [7, 11) is 0. The second kappa shape index (κ2) is 9.03. The minimum atomic E-state index is -0.981. The lowest BCUT2D eigenvalue weighted by atomic mass is 10.1. The van der Waals surface area contributed by atoms with Crippen LogP contribution in [-0.2, 0) is 14.3 Å². The molecule has 1 N–H and O–H groups in total. The molecule has 0 aromatic heterocycles. The first-order chi connectivity index (χ1) is 6.07. The Kier molecular flexibility index (Phi) is 10.0. The number of carbonyl (C=O) groups is 2. The molecule has 0 rings (SSSR count). The third-order valence-corrected chi connectivity index (χ3v) is 1.17. The number of hydrogen-bond donors (Lipinski definition) is 1. The molecule has 0 aliphatic carbocycles. The maximum Gasteiger partial charge on any atom is 0.309 e. The number of carboxylic acid groups (broad SMARTS) is 1. The highest BCUT2D eigenvalue weighted by Gasteiger charge is 2.16. The molecule has 0 heterocycles. The number of rotatable bonds is 4. The molecular weight excluding hydrogens is 172 g/mol. The molecular formula is C9H18O4.